The smallest absolute Gasteiger partial charge is 0.349 e. The quantitative estimate of drug-likeness (QED) is 0.692. The molecule has 0 fully saturated rings. The highest BCUT2D eigenvalue weighted by atomic mass is 79.9. The maximum absolute atomic E-state index is 11.5. The lowest BCUT2D eigenvalue weighted by Gasteiger charge is -2.08. The van der Waals surface area contributed by atoms with Crippen molar-refractivity contribution in [2.45, 2.75) is 0 Å². The number of rotatable bonds is 3. The number of hydrogen-bond donors (Lipinski definition) is 1. The topological polar surface area (TPSA) is 51.2 Å². The molecule has 4 nitrogen and oxygen atoms in total. The number of nitrogens with one attached hydrogen (secondary N) is 1. The van der Waals surface area contributed by atoms with Gasteiger partial charge in [0.05, 0.1) is 13.3 Å². The zero-order valence-corrected chi connectivity index (χ0v) is 13.5. The van der Waals surface area contributed by atoms with E-state index in [0.29, 0.717) is 10.0 Å². The molecule has 0 saturated heterocycles. The van der Waals surface area contributed by atoms with Crippen LogP contribution in [-0.4, -0.2) is 18.1 Å². The Hall–Kier alpha value is -1.92. The summed E-state index contributed by atoms with van der Waals surface area (Å²) in [5.74, 6) is -0.374. The third-order valence-electron chi connectivity index (χ3n) is 3.00. The Morgan fingerprint density at radius 2 is 2.00 bits per heavy atom. The number of esters is 1. The Bertz CT molecular complexity index is 816. The van der Waals surface area contributed by atoms with Crippen molar-refractivity contribution in [1.82, 2.24) is 4.98 Å². The van der Waals surface area contributed by atoms with Gasteiger partial charge in [0.25, 0.3) is 0 Å². The predicted molar refractivity (Wildman–Crippen MR) is 88.4 cm³/mol. The Labute approximate surface area is 133 Å². The summed E-state index contributed by atoms with van der Waals surface area (Å²) in [5, 5.41) is 6.11. The van der Waals surface area contributed by atoms with E-state index >= 15 is 0 Å². The van der Waals surface area contributed by atoms with Crippen LogP contribution < -0.4 is 5.32 Å². The normalized spacial score (nSPS) is 10.6. The third-order valence-corrected chi connectivity index (χ3v) is 4.59. The molecule has 6 heteroatoms. The van der Waals surface area contributed by atoms with Gasteiger partial charge in [-0.25, -0.2) is 9.78 Å². The molecule has 3 rings (SSSR count). The first-order chi connectivity index (χ1) is 10.2. The number of halogens is 1. The van der Waals surface area contributed by atoms with E-state index in [1.165, 1.54) is 24.6 Å². The number of carbonyl (C=O) groups excluding carboxylic acids is 1. The lowest BCUT2D eigenvalue weighted by Crippen LogP contribution is -1.96. The molecule has 0 radical (unpaired) electrons. The molecule has 3 aromatic rings. The molecule has 21 heavy (non-hydrogen) atoms. The van der Waals surface area contributed by atoms with Gasteiger partial charge in [-0.2, -0.15) is 0 Å². The van der Waals surface area contributed by atoms with Gasteiger partial charge in [0, 0.05) is 15.5 Å². The van der Waals surface area contributed by atoms with E-state index in [-0.39, 0.29) is 5.97 Å². The third kappa shape index (κ3) is 2.77. The molecule has 106 valence electrons. The highest BCUT2D eigenvalue weighted by Crippen LogP contribution is 2.32. The summed E-state index contributed by atoms with van der Waals surface area (Å²) >= 11 is 4.81. The van der Waals surface area contributed by atoms with Crippen molar-refractivity contribution in [2.75, 3.05) is 12.4 Å². The second kappa shape index (κ2) is 5.83. The fourth-order valence-corrected chi connectivity index (χ4v) is 3.24. The Morgan fingerprint density at radius 1 is 1.24 bits per heavy atom. The van der Waals surface area contributed by atoms with Crippen LogP contribution in [0.25, 0.3) is 10.8 Å². The number of methoxy groups -OCH3 is 1. The zero-order chi connectivity index (χ0) is 14.8. The summed E-state index contributed by atoms with van der Waals surface area (Å²) < 4.78 is 5.72. The van der Waals surface area contributed by atoms with Gasteiger partial charge >= 0.3 is 5.97 Å². The minimum Gasteiger partial charge on any atom is -0.465 e. The summed E-state index contributed by atoms with van der Waals surface area (Å²) in [7, 11) is 1.36. The zero-order valence-electron chi connectivity index (χ0n) is 11.1. The molecule has 1 aromatic heterocycles. The van der Waals surface area contributed by atoms with E-state index in [4.69, 9.17) is 0 Å². The van der Waals surface area contributed by atoms with Gasteiger partial charge in [0.1, 0.15) is 4.88 Å². The van der Waals surface area contributed by atoms with Crippen LogP contribution in [0.5, 0.6) is 0 Å². The lowest BCUT2D eigenvalue weighted by molar-refractivity contribution is 0.0606. The second-order valence-corrected chi connectivity index (χ2v) is 6.17. The minimum atomic E-state index is -0.374. The molecule has 1 heterocycles. The van der Waals surface area contributed by atoms with Crippen LogP contribution in [0.2, 0.25) is 0 Å². The summed E-state index contributed by atoms with van der Waals surface area (Å²) in [6.45, 7) is 0. The first-order valence-electron chi connectivity index (χ1n) is 6.17. The lowest BCUT2D eigenvalue weighted by atomic mass is 10.1. The molecule has 0 atom stereocenters. The van der Waals surface area contributed by atoms with Crippen LogP contribution in [0.15, 0.2) is 47.1 Å². The molecule has 0 aliphatic heterocycles. The fourth-order valence-electron chi connectivity index (χ4n) is 2.01. The number of fused-ring (bicyclic) bond motifs is 1. The molecule has 0 amide bonds. The van der Waals surface area contributed by atoms with Gasteiger partial charge in [-0.15, -0.1) is 0 Å². The van der Waals surface area contributed by atoms with Gasteiger partial charge in [-0.05, 0) is 17.5 Å². The van der Waals surface area contributed by atoms with Crippen molar-refractivity contribution in [3.8, 4) is 0 Å². The van der Waals surface area contributed by atoms with E-state index in [1.54, 1.807) is 0 Å². The highest BCUT2D eigenvalue weighted by molar-refractivity contribution is 9.10. The van der Waals surface area contributed by atoms with Gasteiger partial charge in [-0.3, -0.25) is 0 Å². The summed E-state index contributed by atoms with van der Waals surface area (Å²) in [6, 6.07) is 12.0. The molecule has 1 N–H and O–H groups in total. The molecule has 0 unspecified atom stereocenters. The van der Waals surface area contributed by atoms with Crippen LogP contribution in [0, 0.1) is 0 Å². The fraction of sp³-hybridized carbons (Fsp3) is 0.0667. The van der Waals surface area contributed by atoms with Crippen molar-refractivity contribution in [3.05, 3.63) is 51.9 Å². The van der Waals surface area contributed by atoms with E-state index in [9.17, 15) is 4.79 Å². The van der Waals surface area contributed by atoms with Gasteiger partial charge in [0.2, 0.25) is 0 Å². The number of nitrogens with zero attached hydrogens (tertiary/aromatic N) is 1. The molecule has 0 saturated carbocycles. The Morgan fingerprint density at radius 3 is 2.76 bits per heavy atom. The molecular formula is C15H11BrN2O2S. The van der Waals surface area contributed by atoms with E-state index in [2.05, 4.69) is 31.0 Å². The van der Waals surface area contributed by atoms with Crippen LogP contribution in [0.4, 0.5) is 10.8 Å². The molecule has 0 aliphatic rings. The SMILES string of the molecule is COC(=O)c1cnc(Nc2ccc(Br)c3ccccc23)s1. The maximum atomic E-state index is 11.5. The van der Waals surface area contributed by atoms with Crippen LogP contribution >= 0.6 is 27.3 Å². The second-order valence-electron chi connectivity index (χ2n) is 4.29. The molecule has 2 aromatic carbocycles. The predicted octanol–water partition coefficient (Wildman–Crippen LogP) is 4.59. The Kier molecular flexibility index (Phi) is 3.90. The van der Waals surface area contributed by atoms with Gasteiger partial charge in [-0.1, -0.05) is 51.5 Å². The summed E-state index contributed by atoms with van der Waals surface area (Å²) in [5.41, 5.74) is 0.944. The number of anilines is 2. The average Bonchev–Trinajstić information content (AvgIpc) is 2.98. The monoisotopic (exact) mass is 362 g/mol. The van der Waals surface area contributed by atoms with Gasteiger partial charge in [0.15, 0.2) is 5.13 Å². The van der Waals surface area contributed by atoms with Crippen molar-refractivity contribution in [1.29, 1.82) is 0 Å². The molecular weight excluding hydrogens is 352 g/mol. The van der Waals surface area contributed by atoms with E-state index in [1.807, 2.05) is 36.4 Å². The standard InChI is InChI=1S/C15H11BrN2O2S/c1-20-14(19)13-8-17-15(21-13)18-12-7-6-11(16)9-4-2-3-5-10(9)12/h2-8H,1H3,(H,17,18). The Balaban J connectivity index is 1.97. The van der Waals surface area contributed by atoms with Crippen molar-refractivity contribution in [3.63, 3.8) is 0 Å². The minimum absolute atomic E-state index is 0.374. The van der Waals surface area contributed by atoms with Gasteiger partial charge < -0.3 is 10.1 Å². The number of ether oxygens (including phenoxy) is 1. The van der Waals surface area contributed by atoms with Crippen LogP contribution in [-0.2, 0) is 4.74 Å². The summed E-state index contributed by atoms with van der Waals surface area (Å²) in [4.78, 5) is 16.1. The largest absolute Gasteiger partial charge is 0.465 e. The van der Waals surface area contributed by atoms with E-state index < -0.39 is 0 Å². The van der Waals surface area contributed by atoms with E-state index in [0.717, 1.165) is 20.9 Å². The number of carbonyl (C=O) groups is 1. The van der Waals surface area contributed by atoms with Crippen molar-refractivity contribution < 1.29 is 9.53 Å². The highest BCUT2D eigenvalue weighted by Gasteiger charge is 2.11. The summed E-state index contributed by atoms with van der Waals surface area (Å²) in [6.07, 6.45) is 1.51. The number of benzene rings is 2. The average molecular weight is 363 g/mol. The van der Waals surface area contributed by atoms with Crippen molar-refractivity contribution >= 4 is 54.8 Å². The van der Waals surface area contributed by atoms with Crippen LogP contribution in [0.3, 0.4) is 0 Å². The van der Waals surface area contributed by atoms with Crippen molar-refractivity contribution in [2.24, 2.45) is 0 Å². The number of thiazole rings is 1. The molecule has 0 spiro atoms. The molecule has 0 aliphatic carbocycles. The first-order valence-corrected chi connectivity index (χ1v) is 7.78. The number of aromatic nitrogens is 1. The maximum Gasteiger partial charge on any atom is 0.349 e. The molecule has 0 bridgehead atoms. The number of hydrogen-bond acceptors (Lipinski definition) is 5. The van der Waals surface area contributed by atoms with Crippen LogP contribution in [0.1, 0.15) is 9.67 Å². The first kappa shape index (κ1) is 14.0.